The van der Waals surface area contributed by atoms with Crippen LogP contribution in [0.3, 0.4) is 0 Å². The molecule has 0 heterocycles. The fourth-order valence-electron chi connectivity index (χ4n) is 2.75. The fraction of sp³-hybridized carbons (Fsp3) is 0.174. The summed E-state index contributed by atoms with van der Waals surface area (Å²) in [6, 6.07) is 16.7. The summed E-state index contributed by atoms with van der Waals surface area (Å²) in [5.74, 6) is 1.20. The molecule has 0 spiro atoms. The molecule has 0 aliphatic heterocycles. The van der Waals surface area contributed by atoms with Crippen molar-refractivity contribution in [1.82, 2.24) is 5.43 Å². The van der Waals surface area contributed by atoms with Gasteiger partial charge in [0, 0.05) is 20.6 Å². The highest BCUT2D eigenvalue weighted by Crippen LogP contribution is 2.37. The van der Waals surface area contributed by atoms with Crippen molar-refractivity contribution in [2.24, 2.45) is 5.10 Å². The summed E-state index contributed by atoms with van der Waals surface area (Å²) in [6.07, 6.45) is 1.71. The number of hydrogen-bond acceptors (Lipinski definition) is 4. The topological polar surface area (TPSA) is 42.8 Å². The van der Waals surface area contributed by atoms with Crippen LogP contribution in [0.2, 0.25) is 15.1 Å². The number of ether oxygens (including phenoxy) is 2. The van der Waals surface area contributed by atoms with Gasteiger partial charge in [-0.25, -0.2) is 0 Å². The summed E-state index contributed by atoms with van der Waals surface area (Å²) in [6.45, 7) is 3.22. The van der Waals surface area contributed by atoms with Crippen LogP contribution < -0.4 is 14.9 Å². The second-order valence-electron chi connectivity index (χ2n) is 6.47. The van der Waals surface area contributed by atoms with Crippen LogP contribution in [0.4, 0.5) is 0 Å². The molecule has 0 bridgehead atoms. The highest BCUT2D eigenvalue weighted by molar-refractivity contribution is 9.10. The molecule has 0 aromatic heterocycles. The summed E-state index contributed by atoms with van der Waals surface area (Å²) in [5, 5.41) is 6.12. The number of nitrogens with one attached hydrogen (secondary N) is 1. The standard InChI is InChI=1S/C23H20BrCl3N2O2/c1-2-30-22-10-15(12-28-29-13-16-5-3-4-6-20(16)26)9-19(24)23(22)31-14-17-7-8-18(25)11-21(17)27/h3-12,29H,2,13-14H2,1H3/b28-12-. The van der Waals surface area contributed by atoms with Crippen molar-refractivity contribution in [3.05, 3.63) is 90.8 Å². The molecule has 31 heavy (non-hydrogen) atoms. The van der Waals surface area contributed by atoms with Crippen LogP contribution in [0.25, 0.3) is 0 Å². The van der Waals surface area contributed by atoms with Crippen LogP contribution >= 0.6 is 50.7 Å². The fourth-order valence-corrected chi connectivity index (χ4v) is 3.99. The second-order valence-corrected chi connectivity index (χ2v) is 8.58. The molecule has 8 heteroatoms. The van der Waals surface area contributed by atoms with Crippen molar-refractivity contribution in [2.75, 3.05) is 6.61 Å². The van der Waals surface area contributed by atoms with Crippen molar-refractivity contribution in [2.45, 2.75) is 20.1 Å². The largest absolute Gasteiger partial charge is 0.490 e. The maximum absolute atomic E-state index is 6.25. The quantitative estimate of drug-likeness (QED) is 0.225. The van der Waals surface area contributed by atoms with Crippen LogP contribution in [0.15, 0.2) is 64.2 Å². The van der Waals surface area contributed by atoms with Gasteiger partial charge in [-0.1, -0.05) is 59.1 Å². The molecule has 0 saturated carbocycles. The van der Waals surface area contributed by atoms with E-state index in [0.717, 1.165) is 21.2 Å². The van der Waals surface area contributed by atoms with Gasteiger partial charge < -0.3 is 14.9 Å². The molecule has 0 fully saturated rings. The van der Waals surface area contributed by atoms with Crippen LogP contribution in [0.5, 0.6) is 11.5 Å². The number of hydrazone groups is 1. The maximum Gasteiger partial charge on any atom is 0.175 e. The van der Waals surface area contributed by atoms with Gasteiger partial charge in [0.15, 0.2) is 11.5 Å². The highest BCUT2D eigenvalue weighted by Gasteiger charge is 2.13. The minimum Gasteiger partial charge on any atom is -0.490 e. The number of benzene rings is 3. The SMILES string of the molecule is CCOc1cc(/C=N\NCc2ccccc2Cl)cc(Br)c1OCc1ccc(Cl)cc1Cl. The number of hydrogen-bond donors (Lipinski definition) is 1. The van der Waals surface area contributed by atoms with E-state index in [-0.39, 0.29) is 6.61 Å². The lowest BCUT2D eigenvalue weighted by molar-refractivity contribution is 0.267. The Morgan fingerprint density at radius 3 is 2.52 bits per heavy atom. The molecule has 0 atom stereocenters. The number of rotatable bonds is 9. The van der Waals surface area contributed by atoms with Crippen LogP contribution in [0.1, 0.15) is 23.6 Å². The minimum absolute atomic E-state index is 0.279. The lowest BCUT2D eigenvalue weighted by Gasteiger charge is -2.15. The monoisotopic (exact) mass is 540 g/mol. The van der Waals surface area contributed by atoms with Gasteiger partial charge in [0.1, 0.15) is 6.61 Å². The van der Waals surface area contributed by atoms with Crippen molar-refractivity contribution in [3.8, 4) is 11.5 Å². The molecule has 0 radical (unpaired) electrons. The van der Waals surface area contributed by atoms with Crippen LogP contribution in [-0.4, -0.2) is 12.8 Å². The zero-order valence-corrected chi connectivity index (χ0v) is 20.5. The van der Waals surface area contributed by atoms with Crippen LogP contribution in [-0.2, 0) is 13.2 Å². The molecule has 3 aromatic carbocycles. The molecular weight excluding hydrogens is 523 g/mol. The molecule has 4 nitrogen and oxygen atoms in total. The molecule has 3 rings (SSSR count). The van der Waals surface area contributed by atoms with E-state index in [1.807, 2.05) is 49.4 Å². The van der Waals surface area contributed by atoms with E-state index < -0.39 is 0 Å². The zero-order chi connectivity index (χ0) is 22.2. The second kappa shape index (κ2) is 11.6. The van der Waals surface area contributed by atoms with Gasteiger partial charge in [-0.15, -0.1) is 0 Å². The van der Waals surface area contributed by atoms with Crippen molar-refractivity contribution in [1.29, 1.82) is 0 Å². The molecule has 0 saturated heterocycles. The molecular formula is C23H20BrCl3N2O2. The minimum atomic E-state index is 0.279. The number of halogens is 4. The third-order valence-electron chi connectivity index (χ3n) is 4.25. The van der Waals surface area contributed by atoms with Crippen molar-refractivity contribution >= 4 is 56.9 Å². The lowest BCUT2D eigenvalue weighted by atomic mass is 10.2. The van der Waals surface area contributed by atoms with Gasteiger partial charge in [-0.05, 0) is 64.3 Å². The highest BCUT2D eigenvalue weighted by atomic mass is 79.9. The van der Waals surface area contributed by atoms with E-state index in [4.69, 9.17) is 44.3 Å². The summed E-state index contributed by atoms with van der Waals surface area (Å²) in [4.78, 5) is 0. The predicted molar refractivity (Wildman–Crippen MR) is 132 cm³/mol. The third-order valence-corrected chi connectivity index (χ3v) is 5.80. The number of nitrogens with zero attached hydrogens (tertiary/aromatic N) is 1. The predicted octanol–water partition coefficient (Wildman–Crippen LogP) is 7.51. The molecule has 0 aliphatic carbocycles. The Kier molecular flexibility index (Phi) is 8.90. The molecule has 162 valence electrons. The van der Waals surface area contributed by atoms with Gasteiger partial charge in [0.05, 0.1) is 23.8 Å². The van der Waals surface area contributed by atoms with E-state index >= 15 is 0 Å². The molecule has 0 amide bonds. The van der Waals surface area contributed by atoms with Gasteiger partial charge in [-0.3, -0.25) is 0 Å². The third kappa shape index (κ3) is 6.78. The average Bonchev–Trinajstić information content (AvgIpc) is 2.73. The van der Waals surface area contributed by atoms with Crippen molar-refractivity contribution in [3.63, 3.8) is 0 Å². The molecule has 3 aromatic rings. The van der Waals surface area contributed by atoms with Gasteiger partial charge in [0.2, 0.25) is 0 Å². The first kappa shape index (κ1) is 23.7. The summed E-state index contributed by atoms with van der Waals surface area (Å²) < 4.78 is 12.5. The van der Waals surface area contributed by atoms with Crippen molar-refractivity contribution < 1.29 is 9.47 Å². The van der Waals surface area contributed by atoms with E-state index in [1.54, 1.807) is 18.3 Å². The lowest BCUT2D eigenvalue weighted by Crippen LogP contribution is -2.06. The van der Waals surface area contributed by atoms with Gasteiger partial charge in [-0.2, -0.15) is 5.10 Å². The van der Waals surface area contributed by atoms with E-state index in [9.17, 15) is 0 Å². The Morgan fingerprint density at radius 2 is 1.77 bits per heavy atom. The first-order chi connectivity index (χ1) is 15.0. The Morgan fingerprint density at radius 1 is 0.968 bits per heavy atom. The van der Waals surface area contributed by atoms with E-state index in [2.05, 4.69) is 26.5 Å². The zero-order valence-electron chi connectivity index (χ0n) is 16.7. The molecule has 1 N–H and O–H groups in total. The van der Waals surface area contributed by atoms with Gasteiger partial charge >= 0.3 is 0 Å². The van der Waals surface area contributed by atoms with E-state index in [1.165, 1.54) is 0 Å². The Balaban J connectivity index is 1.71. The Bertz CT molecular complexity index is 1080. The molecule has 0 unspecified atom stereocenters. The molecule has 0 aliphatic rings. The summed E-state index contributed by atoms with van der Waals surface area (Å²) in [5.41, 5.74) is 5.66. The summed E-state index contributed by atoms with van der Waals surface area (Å²) >= 11 is 21.9. The average molecular weight is 543 g/mol. The first-order valence-corrected chi connectivity index (χ1v) is 11.4. The normalized spacial score (nSPS) is 11.0. The van der Waals surface area contributed by atoms with E-state index in [0.29, 0.717) is 39.7 Å². The summed E-state index contributed by atoms with van der Waals surface area (Å²) in [7, 11) is 0. The maximum atomic E-state index is 6.25. The Hall–Kier alpha value is -1.92. The van der Waals surface area contributed by atoms with Crippen LogP contribution in [0, 0.1) is 0 Å². The first-order valence-electron chi connectivity index (χ1n) is 9.50. The Labute approximate surface area is 205 Å². The van der Waals surface area contributed by atoms with Gasteiger partial charge in [0.25, 0.3) is 0 Å². The smallest absolute Gasteiger partial charge is 0.175 e.